The number of aliphatic hydroxyl groups excluding tert-OH is 2. The van der Waals surface area contributed by atoms with Crippen LogP contribution < -0.4 is 10.6 Å². The molecule has 0 fully saturated rings. The van der Waals surface area contributed by atoms with Crippen LogP contribution in [-0.4, -0.2) is 100 Å². The molecule has 3 aromatic carbocycles. The van der Waals surface area contributed by atoms with Crippen molar-refractivity contribution in [2.45, 2.75) is 50.0 Å². The van der Waals surface area contributed by atoms with E-state index in [-0.39, 0.29) is 25.5 Å². The van der Waals surface area contributed by atoms with Crippen molar-refractivity contribution >= 4 is 12.0 Å². The Bertz CT molecular complexity index is 1380. The summed E-state index contributed by atoms with van der Waals surface area (Å²) in [6, 6.07) is 25.5. The largest absolute Gasteiger partial charge is 0.447 e. The predicted molar refractivity (Wildman–Crippen MR) is 184 cm³/mol. The average molecular weight is 679 g/mol. The Morgan fingerprint density at radius 2 is 1.31 bits per heavy atom. The van der Waals surface area contributed by atoms with Crippen LogP contribution in [0.4, 0.5) is 4.79 Å². The van der Waals surface area contributed by atoms with Crippen molar-refractivity contribution in [1.29, 1.82) is 0 Å². The number of hydrogen-bond acceptors (Lipinski definition) is 9. The number of carbonyl (C=O) groups is 2. The number of ether oxygens (including phenoxy) is 5. The van der Waals surface area contributed by atoms with Crippen LogP contribution in [0, 0.1) is 5.92 Å². The molecule has 2 amide bonds. The van der Waals surface area contributed by atoms with Crippen LogP contribution in [0.15, 0.2) is 84.9 Å². The van der Waals surface area contributed by atoms with Gasteiger partial charge in [0.15, 0.2) is 0 Å². The fraction of sp³-hybridized carbons (Fsp3) is 0.474. The maximum Gasteiger partial charge on any atom is 0.407 e. The number of benzene rings is 3. The molecule has 0 saturated heterocycles. The number of aliphatic hydroxyl groups is 2. The maximum atomic E-state index is 13.9. The zero-order chi connectivity index (χ0) is 34.7. The summed E-state index contributed by atoms with van der Waals surface area (Å²) in [5.41, 5.74) is 3.75. The number of carbonyl (C=O) groups excluding carboxylic acids is 2. The molecule has 0 unspecified atom stereocenters. The quantitative estimate of drug-likeness (QED) is 0.118. The van der Waals surface area contributed by atoms with E-state index in [9.17, 15) is 19.8 Å². The maximum absolute atomic E-state index is 13.9. The highest BCUT2D eigenvalue weighted by Crippen LogP contribution is 2.32. The lowest BCUT2D eigenvalue weighted by Crippen LogP contribution is -2.47. The van der Waals surface area contributed by atoms with E-state index in [2.05, 4.69) is 10.6 Å². The highest BCUT2D eigenvalue weighted by Gasteiger charge is 2.35. The molecule has 11 heteroatoms. The molecule has 0 aliphatic heterocycles. The highest BCUT2D eigenvalue weighted by atomic mass is 16.6. The molecule has 4 rings (SSSR count). The Morgan fingerprint density at radius 1 is 0.755 bits per heavy atom. The lowest BCUT2D eigenvalue weighted by molar-refractivity contribution is -0.127. The first-order valence-electron chi connectivity index (χ1n) is 16.9. The van der Waals surface area contributed by atoms with Gasteiger partial charge in [-0.3, -0.25) is 4.79 Å². The lowest BCUT2D eigenvalue weighted by Gasteiger charge is -2.28. The van der Waals surface area contributed by atoms with Crippen LogP contribution in [-0.2, 0) is 47.7 Å². The monoisotopic (exact) mass is 678 g/mol. The zero-order valence-corrected chi connectivity index (χ0v) is 28.2. The van der Waals surface area contributed by atoms with E-state index in [0.29, 0.717) is 58.9 Å². The molecule has 266 valence electrons. The SMILES string of the molecule is COCCOCCOCCOCCOC(=O)N[C@@H](Cc1ccccc1)[C@@H](O)C[C@H](Cc1ccccc1)C(=O)N[C@H]1c2ccccc2C[C@H]1O. The van der Waals surface area contributed by atoms with Gasteiger partial charge in [-0.15, -0.1) is 0 Å². The normalized spacial score (nSPS) is 17.1. The number of rotatable bonds is 22. The van der Waals surface area contributed by atoms with Crippen LogP contribution in [0.1, 0.15) is 34.7 Å². The molecule has 0 saturated carbocycles. The van der Waals surface area contributed by atoms with Crippen molar-refractivity contribution in [2.24, 2.45) is 5.92 Å². The third-order valence-electron chi connectivity index (χ3n) is 8.43. The van der Waals surface area contributed by atoms with Crippen molar-refractivity contribution in [2.75, 3.05) is 60.0 Å². The highest BCUT2D eigenvalue weighted by molar-refractivity contribution is 5.80. The van der Waals surface area contributed by atoms with Crippen molar-refractivity contribution in [1.82, 2.24) is 10.6 Å². The van der Waals surface area contributed by atoms with Gasteiger partial charge in [0.25, 0.3) is 0 Å². The Morgan fingerprint density at radius 3 is 1.94 bits per heavy atom. The minimum atomic E-state index is -1.08. The number of hydrogen-bond donors (Lipinski definition) is 4. The first kappa shape index (κ1) is 38.0. The molecule has 0 spiro atoms. The molecule has 11 nitrogen and oxygen atoms in total. The molecular formula is C38H50N2O9. The minimum absolute atomic E-state index is 0.0182. The van der Waals surface area contributed by atoms with Gasteiger partial charge in [-0.05, 0) is 41.5 Å². The van der Waals surface area contributed by atoms with Crippen LogP contribution >= 0.6 is 0 Å². The predicted octanol–water partition coefficient (Wildman–Crippen LogP) is 3.40. The molecular weight excluding hydrogens is 628 g/mol. The Kier molecular flexibility index (Phi) is 16.5. The number of nitrogens with one attached hydrogen (secondary N) is 2. The van der Waals surface area contributed by atoms with Crippen LogP contribution in [0.5, 0.6) is 0 Å². The van der Waals surface area contributed by atoms with Gasteiger partial charge < -0.3 is 44.5 Å². The van der Waals surface area contributed by atoms with Crippen molar-refractivity contribution in [3.05, 3.63) is 107 Å². The smallest absolute Gasteiger partial charge is 0.407 e. The molecule has 4 N–H and O–H groups in total. The third kappa shape index (κ3) is 13.2. The fourth-order valence-electron chi connectivity index (χ4n) is 5.88. The molecule has 0 radical (unpaired) electrons. The van der Waals surface area contributed by atoms with Crippen LogP contribution in [0.2, 0.25) is 0 Å². The van der Waals surface area contributed by atoms with E-state index in [1.807, 2.05) is 84.9 Å². The second kappa shape index (κ2) is 21.3. The van der Waals surface area contributed by atoms with E-state index in [1.54, 1.807) is 7.11 Å². The van der Waals surface area contributed by atoms with E-state index in [1.165, 1.54) is 0 Å². The Hall–Kier alpha value is -3.84. The van der Waals surface area contributed by atoms with Gasteiger partial charge in [-0.25, -0.2) is 4.79 Å². The molecule has 1 aliphatic rings. The van der Waals surface area contributed by atoms with E-state index in [0.717, 1.165) is 22.3 Å². The van der Waals surface area contributed by atoms with Crippen LogP contribution in [0.25, 0.3) is 0 Å². The minimum Gasteiger partial charge on any atom is -0.447 e. The van der Waals surface area contributed by atoms with Gasteiger partial charge in [0.05, 0.1) is 70.5 Å². The number of fused-ring (bicyclic) bond motifs is 1. The molecule has 3 aromatic rings. The Labute approximate surface area is 288 Å². The van der Waals surface area contributed by atoms with Gasteiger partial charge >= 0.3 is 6.09 Å². The lowest BCUT2D eigenvalue weighted by atomic mass is 9.88. The summed E-state index contributed by atoms with van der Waals surface area (Å²) in [5.74, 6) is -0.912. The molecule has 0 heterocycles. The summed E-state index contributed by atoms with van der Waals surface area (Å²) in [4.78, 5) is 26.7. The molecule has 1 aliphatic carbocycles. The van der Waals surface area contributed by atoms with Crippen molar-refractivity contribution < 1.29 is 43.5 Å². The second-order valence-electron chi connectivity index (χ2n) is 12.1. The molecule has 0 bridgehead atoms. The Balaban J connectivity index is 1.33. The van der Waals surface area contributed by atoms with Crippen molar-refractivity contribution in [3.8, 4) is 0 Å². The molecule has 5 atom stereocenters. The van der Waals surface area contributed by atoms with Crippen LogP contribution in [0.3, 0.4) is 0 Å². The fourth-order valence-corrected chi connectivity index (χ4v) is 5.88. The van der Waals surface area contributed by atoms with Gasteiger partial charge in [0.1, 0.15) is 6.61 Å². The summed E-state index contributed by atoms with van der Waals surface area (Å²) in [6.45, 7) is 2.90. The summed E-state index contributed by atoms with van der Waals surface area (Å²) in [7, 11) is 1.62. The first-order valence-corrected chi connectivity index (χ1v) is 16.9. The first-order chi connectivity index (χ1) is 23.9. The van der Waals surface area contributed by atoms with Crippen molar-refractivity contribution in [3.63, 3.8) is 0 Å². The van der Waals surface area contributed by atoms with Gasteiger partial charge in [0, 0.05) is 19.4 Å². The van der Waals surface area contributed by atoms with E-state index < -0.39 is 36.3 Å². The average Bonchev–Trinajstić information content (AvgIpc) is 3.43. The third-order valence-corrected chi connectivity index (χ3v) is 8.43. The van der Waals surface area contributed by atoms with E-state index >= 15 is 0 Å². The van der Waals surface area contributed by atoms with Gasteiger partial charge in [0.2, 0.25) is 5.91 Å². The summed E-state index contributed by atoms with van der Waals surface area (Å²) in [6.07, 6.45) is -1.28. The summed E-state index contributed by atoms with van der Waals surface area (Å²) in [5, 5.41) is 28.3. The van der Waals surface area contributed by atoms with Gasteiger partial charge in [-0.1, -0.05) is 84.9 Å². The second-order valence-corrected chi connectivity index (χ2v) is 12.1. The summed E-state index contributed by atoms with van der Waals surface area (Å²) < 4.78 is 26.5. The molecule has 0 aromatic heterocycles. The number of amides is 2. The number of methoxy groups -OCH3 is 1. The standard InChI is InChI=1S/C38H50N2O9/c1-45-16-17-46-18-19-47-20-21-48-22-23-49-38(44)39-33(25-29-12-6-3-7-13-29)34(41)27-31(24-28-10-4-2-5-11-28)37(43)40-36-32-15-9-8-14-30(32)26-35(36)42/h2-15,31,33-36,41-42H,16-27H2,1H3,(H,39,44)(H,40,43)/t31-,33-,34-,35+,36-/m0/s1. The number of alkyl carbamates (subject to hydrolysis) is 1. The van der Waals surface area contributed by atoms with Gasteiger partial charge in [-0.2, -0.15) is 0 Å². The molecule has 49 heavy (non-hydrogen) atoms. The van der Waals surface area contributed by atoms with E-state index in [4.69, 9.17) is 23.7 Å². The zero-order valence-electron chi connectivity index (χ0n) is 28.2. The topological polar surface area (TPSA) is 145 Å². The summed E-state index contributed by atoms with van der Waals surface area (Å²) >= 11 is 0.